The molecule has 6 heteroatoms. The molecule has 1 aromatic rings. The first-order valence-electron chi connectivity index (χ1n) is 5.38. The van der Waals surface area contributed by atoms with Gasteiger partial charge in [-0.15, -0.1) is 16.7 Å². The molecule has 1 saturated heterocycles. The van der Waals surface area contributed by atoms with Crippen LogP contribution in [0.15, 0.2) is 4.42 Å². The van der Waals surface area contributed by atoms with E-state index in [2.05, 4.69) is 28.9 Å². The largest absolute Gasteiger partial charge is 0.407 e. The number of thioether (sulfide) groups is 1. The van der Waals surface area contributed by atoms with E-state index in [1.807, 2.05) is 11.8 Å². The van der Waals surface area contributed by atoms with E-state index in [1.54, 1.807) is 0 Å². The second kappa shape index (κ2) is 4.84. The average Bonchev–Trinajstić information content (AvgIpc) is 2.64. The van der Waals surface area contributed by atoms with Crippen molar-refractivity contribution in [3.63, 3.8) is 0 Å². The zero-order valence-electron chi connectivity index (χ0n) is 9.57. The molecule has 0 atom stereocenters. The van der Waals surface area contributed by atoms with Crippen LogP contribution in [0.2, 0.25) is 0 Å². The van der Waals surface area contributed by atoms with Crippen LogP contribution in [0, 0.1) is 0 Å². The van der Waals surface area contributed by atoms with Crippen LogP contribution in [-0.2, 0) is 5.88 Å². The third kappa shape index (κ3) is 2.83. The fraction of sp³-hybridized carbons (Fsp3) is 0.800. The number of nitrogens with zero attached hydrogens (tertiary/aromatic N) is 3. The van der Waals surface area contributed by atoms with E-state index in [-0.39, 0.29) is 5.88 Å². The lowest BCUT2D eigenvalue weighted by atomic mass is 10.1. The highest BCUT2D eigenvalue weighted by Gasteiger charge is 2.25. The number of hydrogen-bond acceptors (Lipinski definition) is 5. The van der Waals surface area contributed by atoms with Gasteiger partial charge in [-0.25, -0.2) is 0 Å². The maximum Gasteiger partial charge on any atom is 0.318 e. The van der Waals surface area contributed by atoms with Gasteiger partial charge in [-0.2, -0.15) is 11.8 Å². The zero-order chi connectivity index (χ0) is 11.6. The van der Waals surface area contributed by atoms with Crippen LogP contribution in [0.4, 0.5) is 6.01 Å². The van der Waals surface area contributed by atoms with Gasteiger partial charge in [0.1, 0.15) is 5.88 Å². The number of rotatable bonds is 2. The summed E-state index contributed by atoms with van der Waals surface area (Å²) in [6, 6.07) is 0.606. The average molecular weight is 262 g/mol. The van der Waals surface area contributed by atoms with E-state index in [0.29, 0.717) is 16.7 Å². The number of hydrogen-bond donors (Lipinski definition) is 0. The van der Waals surface area contributed by atoms with Crippen LogP contribution in [0.3, 0.4) is 0 Å². The number of alkyl halides is 1. The Labute approximate surface area is 105 Å². The summed E-state index contributed by atoms with van der Waals surface area (Å²) in [4.78, 5) is 2.14. The summed E-state index contributed by atoms with van der Waals surface area (Å²) < 4.78 is 5.80. The Morgan fingerprint density at radius 3 is 2.94 bits per heavy atom. The molecule has 0 spiro atoms. The normalized spacial score (nSPS) is 20.8. The third-order valence-electron chi connectivity index (χ3n) is 2.68. The topological polar surface area (TPSA) is 42.2 Å². The molecule has 2 heterocycles. The molecule has 0 N–H and O–H groups in total. The zero-order valence-corrected chi connectivity index (χ0v) is 11.1. The predicted octanol–water partition coefficient (Wildman–Crippen LogP) is 2.53. The summed E-state index contributed by atoms with van der Waals surface area (Å²) in [5.41, 5.74) is 0. The van der Waals surface area contributed by atoms with Crippen molar-refractivity contribution >= 4 is 29.4 Å². The molecule has 1 aliphatic rings. The molecule has 0 bridgehead atoms. The first-order chi connectivity index (χ1) is 7.61. The minimum Gasteiger partial charge on any atom is -0.407 e. The highest BCUT2D eigenvalue weighted by Crippen LogP contribution is 2.31. The molecular weight excluding hydrogens is 246 g/mol. The first-order valence-corrected chi connectivity index (χ1v) is 6.90. The number of aromatic nitrogens is 2. The monoisotopic (exact) mass is 261 g/mol. The van der Waals surface area contributed by atoms with Gasteiger partial charge in [-0.1, -0.05) is 18.9 Å². The standard InChI is InChI=1S/C10H16ClN3OS/c1-10(2)3-4-14(5-6-16-10)9-13-12-8(7-11)15-9/h3-7H2,1-2H3. The molecule has 4 nitrogen and oxygen atoms in total. The molecule has 0 unspecified atom stereocenters. The molecule has 1 aromatic heterocycles. The molecule has 0 saturated carbocycles. The van der Waals surface area contributed by atoms with Crippen molar-refractivity contribution < 1.29 is 4.42 Å². The van der Waals surface area contributed by atoms with Crippen molar-refractivity contribution in [1.82, 2.24) is 10.2 Å². The molecule has 0 aliphatic carbocycles. The number of halogens is 1. The van der Waals surface area contributed by atoms with E-state index >= 15 is 0 Å². The predicted molar refractivity (Wildman–Crippen MR) is 67.2 cm³/mol. The Balaban J connectivity index is 2.04. The molecule has 2 rings (SSSR count). The van der Waals surface area contributed by atoms with Gasteiger partial charge in [0.2, 0.25) is 5.89 Å². The van der Waals surface area contributed by atoms with Gasteiger partial charge >= 0.3 is 6.01 Å². The summed E-state index contributed by atoms with van der Waals surface area (Å²) in [5, 5.41) is 7.90. The number of anilines is 1. The van der Waals surface area contributed by atoms with Crippen molar-refractivity contribution in [1.29, 1.82) is 0 Å². The molecular formula is C10H16ClN3OS. The Hall–Kier alpha value is -0.420. The first kappa shape index (κ1) is 12.0. The van der Waals surface area contributed by atoms with Gasteiger partial charge in [-0.3, -0.25) is 0 Å². The van der Waals surface area contributed by atoms with E-state index < -0.39 is 0 Å². The van der Waals surface area contributed by atoms with Gasteiger partial charge in [0, 0.05) is 23.6 Å². The molecule has 16 heavy (non-hydrogen) atoms. The van der Waals surface area contributed by atoms with Gasteiger partial charge < -0.3 is 9.32 Å². The fourth-order valence-corrected chi connectivity index (χ4v) is 2.85. The Bertz CT molecular complexity index is 356. The van der Waals surface area contributed by atoms with Gasteiger partial charge in [0.25, 0.3) is 0 Å². The minimum absolute atomic E-state index is 0.279. The Kier molecular flexibility index (Phi) is 3.64. The van der Waals surface area contributed by atoms with E-state index in [1.165, 1.54) is 0 Å². The summed E-state index contributed by atoms with van der Waals surface area (Å²) >= 11 is 7.63. The van der Waals surface area contributed by atoms with Crippen LogP contribution in [-0.4, -0.2) is 33.8 Å². The fourth-order valence-electron chi connectivity index (χ4n) is 1.64. The second-order valence-corrected chi connectivity index (χ2v) is 6.53. The van der Waals surface area contributed by atoms with Crippen molar-refractivity contribution in [2.45, 2.75) is 30.9 Å². The SMILES string of the molecule is CC1(C)CCN(c2nnc(CCl)o2)CCS1. The highest BCUT2D eigenvalue weighted by atomic mass is 35.5. The lowest BCUT2D eigenvalue weighted by Gasteiger charge is -2.21. The van der Waals surface area contributed by atoms with Gasteiger partial charge in [0.15, 0.2) is 0 Å². The van der Waals surface area contributed by atoms with Crippen LogP contribution in [0.1, 0.15) is 26.2 Å². The summed E-state index contributed by atoms with van der Waals surface area (Å²) in [6.45, 7) is 6.47. The Morgan fingerprint density at radius 1 is 1.44 bits per heavy atom. The smallest absolute Gasteiger partial charge is 0.318 e. The van der Waals surface area contributed by atoms with E-state index in [4.69, 9.17) is 16.0 Å². The molecule has 90 valence electrons. The molecule has 1 aliphatic heterocycles. The van der Waals surface area contributed by atoms with Crippen LogP contribution in [0.5, 0.6) is 0 Å². The van der Waals surface area contributed by atoms with E-state index in [9.17, 15) is 0 Å². The molecule has 0 amide bonds. The molecule has 0 radical (unpaired) electrons. The Morgan fingerprint density at radius 2 is 2.25 bits per heavy atom. The van der Waals surface area contributed by atoms with Gasteiger partial charge in [-0.05, 0) is 6.42 Å². The van der Waals surface area contributed by atoms with E-state index in [0.717, 1.165) is 25.3 Å². The van der Waals surface area contributed by atoms with Crippen molar-refractivity contribution in [2.24, 2.45) is 0 Å². The third-order valence-corrected chi connectivity index (χ3v) is 4.28. The summed E-state index contributed by atoms with van der Waals surface area (Å²) in [7, 11) is 0. The van der Waals surface area contributed by atoms with Crippen LogP contribution >= 0.6 is 23.4 Å². The lowest BCUT2D eigenvalue weighted by Crippen LogP contribution is -2.27. The van der Waals surface area contributed by atoms with Crippen molar-refractivity contribution in [3.8, 4) is 0 Å². The van der Waals surface area contributed by atoms with Crippen molar-refractivity contribution in [3.05, 3.63) is 5.89 Å². The minimum atomic E-state index is 0.279. The quantitative estimate of drug-likeness (QED) is 0.766. The molecule has 1 fully saturated rings. The lowest BCUT2D eigenvalue weighted by molar-refractivity contribution is 0.496. The van der Waals surface area contributed by atoms with Crippen LogP contribution in [0.25, 0.3) is 0 Å². The summed E-state index contributed by atoms with van der Waals surface area (Å²) in [5.74, 6) is 1.86. The summed E-state index contributed by atoms with van der Waals surface area (Å²) in [6.07, 6.45) is 1.12. The molecule has 0 aromatic carbocycles. The highest BCUT2D eigenvalue weighted by molar-refractivity contribution is 8.00. The maximum atomic E-state index is 5.64. The van der Waals surface area contributed by atoms with Crippen LogP contribution < -0.4 is 4.90 Å². The van der Waals surface area contributed by atoms with Crippen molar-refractivity contribution in [2.75, 3.05) is 23.7 Å². The second-order valence-electron chi connectivity index (χ2n) is 4.46. The van der Waals surface area contributed by atoms with Gasteiger partial charge in [0.05, 0.1) is 0 Å². The maximum absolute atomic E-state index is 5.64.